The first-order chi connectivity index (χ1) is 56.2. The van der Waals surface area contributed by atoms with Crippen LogP contribution in [0.2, 0.25) is 0 Å². The highest BCUT2D eigenvalue weighted by molar-refractivity contribution is 5.63. The third-order valence-electron chi connectivity index (χ3n) is 22.6. The maximum Gasteiger partial charge on any atom is 0.126 e. The van der Waals surface area contributed by atoms with Gasteiger partial charge in [-0.25, -0.2) is 0 Å². The van der Waals surface area contributed by atoms with Gasteiger partial charge in [-0.3, -0.25) is 0 Å². The van der Waals surface area contributed by atoms with Gasteiger partial charge in [-0.15, -0.1) is 0 Å². The normalized spacial score (nSPS) is 13.6. The van der Waals surface area contributed by atoms with Crippen LogP contribution in [0.4, 0.5) is 0 Å². The van der Waals surface area contributed by atoms with Crippen molar-refractivity contribution in [3.8, 4) is 46.0 Å². The predicted octanol–water partition coefficient (Wildman–Crippen LogP) is 18.1. The molecule has 0 amide bonds. The Hall–Kier alpha value is -8.16. The average molecular weight is 1650 g/mol. The number of hydrogen-bond donors (Lipinski definition) is 8. The second kappa shape index (κ2) is 39.6. The molecular weight excluding hydrogens is 1510 g/mol. The Labute approximate surface area is 718 Å². The fourth-order valence-corrected chi connectivity index (χ4v) is 15.9. The molecule has 0 spiro atoms. The standard InChI is InChI=1S/C104H144O16/c1-97(2,3)81-49-65-41-67-51-82(98(4,5)6)53-69(90(67)114-34-26-106)43-71-55-84(100(10,11)12)57-73(92(71)116-36-28-108)45-75-59-86(102(16,17)18)61-77(94(75)118-38-30-110)47-79-63-88(104(22,23)24)64-80(96(79)120-40-32-112)48-78-62-87(103(19,20)21)60-76(95(78)119-39-31-111)46-74-58-85(101(13,14)15)56-72(93(74)117-37-29-109)44-70-54-83(99(7,8)9)52-68(91(70)115-35-27-107)42-66(50-81)89(65)113-33-25-105/h49-64,105-112H,25-48H2,1-24H3. The molecule has 16 heteroatoms. The van der Waals surface area contributed by atoms with Crippen molar-refractivity contribution >= 4 is 0 Å². The first-order valence-corrected chi connectivity index (χ1v) is 43.4. The van der Waals surface area contributed by atoms with Crippen molar-refractivity contribution in [2.45, 2.75) is 261 Å². The minimum atomic E-state index is -0.400. The number of benzene rings is 8. The molecule has 1 aliphatic carbocycles. The maximum absolute atomic E-state index is 10.9. The first kappa shape index (κ1) is 95.7. The van der Waals surface area contributed by atoms with Gasteiger partial charge in [0.05, 0.1) is 52.9 Å². The lowest BCUT2D eigenvalue weighted by atomic mass is 9.79. The van der Waals surface area contributed by atoms with Crippen molar-refractivity contribution in [3.05, 3.63) is 231 Å². The van der Waals surface area contributed by atoms with Crippen LogP contribution in [0.15, 0.2) is 97.1 Å². The summed E-state index contributed by atoms with van der Waals surface area (Å²) in [6, 6.07) is 35.6. The van der Waals surface area contributed by atoms with Gasteiger partial charge in [0.1, 0.15) is 98.9 Å². The molecule has 8 N–H and O–H groups in total. The molecule has 8 aromatic rings. The Morgan fingerprint density at radius 3 is 0.292 bits per heavy atom. The molecule has 1 aliphatic rings. The van der Waals surface area contributed by atoms with Crippen molar-refractivity contribution in [1.82, 2.24) is 0 Å². The summed E-state index contributed by atoms with van der Waals surface area (Å²) >= 11 is 0. The van der Waals surface area contributed by atoms with E-state index in [9.17, 15) is 40.9 Å². The van der Waals surface area contributed by atoms with Gasteiger partial charge in [0.15, 0.2) is 0 Å². The number of rotatable bonds is 24. The lowest BCUT2D eigenvalue weighted by Gasteiger charge is -2.29. The van der Waals surface area contributed by atoms with Crippen LogP contribution in [-0.2, 0) is 94.7 Å². The number of aliphatic hydroxyl groups excluding tert-OH is 8. The van der Waals surface area contributed by atoms with E-state index >= 15 is 0 Å². The van der Waals surface area contributed by atoms with Crippen LogP contribution in [0.5, 0.6) is 46.0 Å². The average Bonchev–Trinajstić information content (AvgIpc) is 0.770. The van der Waals surface area contributed by atoms with E-state index in [1.807, 2.05) is 0 Å². The molecule has 0 unspecified atom stereocenters. The molecule has 16 bridgehead atoms. The van der Waals surface area contributed by atoms with Crippen molar-refractivity contribution in [2.75, 3.05) is 106 Å². The monoisotopic (exact) mass is 1650 g/mol. The zero-order valence-corrected chi connectivity index (χ0v) is 77.1. The number of ether oxygens (including phenoxy) is 8. The summed E-state index contributed by atoms with van der Waals surface area (Å²) in [5.41, 5.74) is 18.8. The van der Waals surface area contributed by atoms with Gasteiger partial charge in [0, 0.05) is 51.4 Å². The molecule has 8 aromatic carbocycles. The van der Waals surface area contributed by atoms with E-state index in [1.54, 1.807) is 0 Å². The van der Waals surface area contributed by atoms with Crippen LogP contribution in [-0.4, -0.2) is 147 Å². The van der Waals surface area contributed by atoms with Gasteiger partial charge in [0.2, 0.25) is 0 Å². The summed E-state index contributed by atoms with van der Waals surface area (Å²) in [4.78, 5) is 0. The zero-order valence-electron chi connectivity index (χ0n) is 77.1. The summed E-state index contributed by atoms with van der Waals surface area (Å²) < 4.78 is 56.0. The van der Waals surface area contributed by atoms with Crippen LogP contribution >= 0.6 is 0 Å². The zero-order chi connectivity index (χ0) is 88.4. The molecule has 16 nitrogen and oxygen atoms in total. The van der Waals surface area contributed by atoms with Gasteiger partial charge >= 0.3 is 0 Å². The molecule has 0 aromatic heterocycles. The highest BCUT2D eigenvalue weighted by Gasteiger charge is 2.34. The SMILES string of the molecule is CC(C)(C)c1cc2c(OCCO)c(c1)Cc1cc(C(C)(C)C)cc(c1OCCO)Cc1cc(C(C)(C)C)cc(c1OCCO)Cc1cc(C(C)(C)C)cc(c1OCCO)Cc1cc(C(C)(C)C)cc(c1OCCO)Cc1cc(C(C)(C)C)cc(c1OCCO)Cc1cc(C(C)(C)C)cc(c1OCCO)Cc1cc(C(C)(C)C)cc(c1OCCO)C2. The molecule has 0 fully saturated rings. The molecule has 120 heavy (non-hydrogen) atoms. The number of aliphatic hydroxyl groups is 8. The van der Waals surface area contributed by atoms with Crippen LogP contribution in [0, 0.1) is 0 Å². The van der Waals surface area contributed by atoms with E-state index in [2.05, 4.69) is 263 Å². The van der Waals surface area contributed by atoms with Crippen molar-refractivity contribution in [3.63, 3.8) is 0 Å². The Kier molecular flexibility index (Phi) is 31.5. The molecule has 0 heterocycles. The van der Waals surface area contributed by atoms with Crippen LogP contribution in [0.3, 0.4) is 0 Å². The lowest BCUT2D eigenvalue weighted by molar-refractivity contribution is 0.197. The third-order valence-corrected chi connectivity index (χ3v) is 22.6. The fourth-order valence-electron chi connectivity index (χ4n) is 15.9. The van der Waals surface area contributed by atoms with E-state index in [-0.39, 0.29) is 106 Å². The molecule has 0 saturated heterocycles. The highest BCUT2D eigenvalue weighted by atomic mass is 16.5. The molecule has 0 saturated carbocycles. The molecule has 0 aliphatic heterocycles. The minimum Gasteiger partial charge on any atom is -0.491 e. The van der Waals surface area contributed by atoms with Gasteiger partial charge in [-0.05, 0) is 177 Å². The van der Waals surface area contributed by atoms with E-state index in [0.29, 0.717) is 97.4 Å². The Bertz CT molecular complexity index is 3720. The van der Waals surface area contributed by atoms with Crippen LogP contribution in [0.25, 0.3) is 0 Å². The number of fused-ring (bicyclic) bond motifs is 16. The first-order valence-electron chi connectivity index (χ1n) is 43.4. The van der Waals surface area contributed by atoms with Gasteiger partial charge in [0.25, 0.3) is 0 Å². The van der Waals surface area contributed by atoms with Crippen LogP contribution in [0.1, 0.15) is 300 Å². The third kappa shape index (κ3) is 24.2. The summed E-state index contributed by atoms with van der Waals surface area (Å²) in [6.45, 7) is 50.7. The largest absolute Gasteiger partial charge is 0.491 e. The summed E-state index contributed by atoms with van der Waals surface area (Å²) in [5.74, 6) is 4.77. The molecule has 0 atom stereocenters. The Morgan fingerprint density at radius 2 is 0.233 bits per heavy atom. The lowest BCUT2D eigenvalue weighted by Crippen LogP contribution is -2.18. The molecular formula is C104H144O16. The van der Waals surface area contributed by atoms with Gasteiger partial charge < -0.3 is 78.7 Å². The Balaban J connectivity index is 1.51. The van der Waals surface area contributed by atoms with E-state index in [4.69, 9.17) is 37.9 Å². The molecule has 0 radical (unpaired) electrons. The fraction of sp³-hybridized carbons (Fsp3) is 0.538. The van der Waals surface area contributed by atoms with Crippen molar-refractivity contribution in [1.29, 1.82) is 0 Å². The summed E-state index contributed by atoms with van der Waals surface area (Å²) in [6.07, 6.45) is 2.42. The Morgan fingerprint density at radius 1 is 0.158 bits per heavy atom. The maximum atomic E-state index is 10.9. The summed E-state index contributed by atoms with van der Waals surface area (Å²) in [5, 5.41) is 87.1. The highest BCUT2D eigenvalue weighted by Crippen LogP contribution is 2.49. The smallest absolute Gasteiger partial charge is 0.126 e. The van der Waals surface area contributed by atoms with Crippen LogP contribution < -0.4 is 37.9 Å². The van der Waals surface area contributed by atoms with Crippen molar-refractivity contribution < 1.29 is 78.7 Å². The van der Waals surface area contributed by atoms with Gasteiger partial charge in [-0.1, -0.05) is 263 Å². The minimum absolute atomic E-state index is 0.00977. The molecule has 656 valence electrons. The van der Waals surface area contributed by atoms with E-state index in [0.717, 1.165) is 134 Å². The topological polar surface area (TPSA) is 236 Å². The van der Waals surface area contributed by atoms with Gasteiger partial charge in [-0.2, -0.15) is 0 Å². The predicted molar refractivity (Wildman–Crippen MR) is 484 cm³/mol. The molecule has 9 rings (SSSR count). The second-order valence-corrected chi connectivity index (χ2v) is 41.0. The summed E-state index contributed by atoms with van der Waals surface area (Å²) in [7, 11) is 0. The van der Waals surface area contributed by atoms with Crippen molar-refractivity contribution in [2.24, 2.45) is 0 Å². The van der Waals surface area contributed by atoms with E-state index < -0.39 is 43.3 Å². The quantitative estimate of drug-likeness (QED) is 0.0281. The second-order valence-electron chi connectivity index (χ2n) is 41.0. The van der Waals surface area contributed by atoms with E-state index in [1.165, 1.54) is 0 Å². The number of hydrogen-bond acceptors (Lipinski definition) is 16.